The Morgan fingerprint density at radius 1 is 0.966 bits per heavy atom. The van der Waals surface area contributed by atoms with Crippen LogP contribution in [0.25, 0.3) is 0 Å². The van der Waals surface area contributed by atoms with E-state index in [4.69, 9.17) is 4.42 Å². The molecule has 1 fully saturated rings. The molecule has 1 unspecified atom stereocenters. The number of para-hydroxylation sites is 1. The molecule has 5 rings (SSSR count). The van der Waals surface area contributed by atoms with Crippen molar-refractivity contribution in [3.8, 4) is 0 Å². The van der Waals surface area contributed by atoms with Crippen LogP contribution in [0.2, 0.25) is 0 Å². The molecule has 3 aromatic rings. The first-order chi connectivity index (χ1) is 14.3. The largest absolute Gasteiger partial charge is 0.472 e. The first-order valence-corrected chi connectivity index (χ1v) is 10.2. The van der Waals surface area contributed by atoms with Crippen molar-refractivity contribution in [2.24, 2.45) is 0 Å². The van der Waals surface area contributed by atoms with Gasteiger partial charge in [-0.1, -0.05) is 48.5 Å². The molecule has 0 spiro atoms. The molecule has 1 atom stereocenters. The zero-order valence-electron chi connectivity index (χ0n) is 16.4. The summed E-state index contributed by atoms with van der Waals surface area (Å²) in [6.45, 7) is 5.23. The van der Waals surface area contributed by atoms with Gasteiger partial charge in [0, 0.05) is 45.0 Å². The lowest BCUT2D eigenvalue weighted by molar-refractivity contribution is 0.0718. The number of piperazine rings is 1. The number of fused-ring (bicyclic) bond motifs is 3. The number of furan rings is 1. The number of hydrogen-bond acceptors (Lipinski definition) is 4. The molecule has 0 bridgehead atoms. The average molecular weight is 387 g/mol. The second kappa shape index (κ2) is 7.76. The molecule has 2 aromatic carbocycles. The molecule has 5 nitrogen and oxygen atoms in total. The Bertz CT molecular complexity index is 971. The van der Waals surface area contributed by atoms with Crippen LogP contribution < -0.4 is 4.90 Å². The topological polar surface area (TPSA) is 39.9 Å². The molecule has 2 aliphatic heterocycles. The highest BCUT2D eigenvalue weighted by Crippen LogP contribution is 2.31. The first kappa shape index (κ1) is 18.0. The zero-order chi connectivity index (χ0) is 19.6. The highest BCUT2D eigenvalue weighted by Gasteiger charge is 2.34. The summed E-state index contributed by atoms with van der Waals surface area (Å²) in [4.78, 5) is 20.1. The summed E-state index contributed by atoms with van der Waals surface area (Å²) in [5.41, 5.74) is 4.43. The number of nitrogens with zero attached hydrogens (tertiary/aromatic N) is 3. The van der Waals surface area contributed by atoms with Crippen LogP contribution >= 0.6 is 0 Å². The molecule has 1 amide bonds. The standard InChI is InChI=1S/C24H25N3O2/c28-24(21-10-13-29-18-21)26-15-20-8-4-5-9-23(20)27-12-11-25(16-22(27)17-26)14-19-6-2-1-3-7-19/h1-10,13,18,22H,11-12,14-17H2. The predicted octanol–water partition coefficient (Wildman–Crippen LogP) is 3.63. The number of carbonyl (C=O) groups is 1. The van der Waals surface area contributed by atoms with Gasteiger partial charge in [-0.05, 0) is 23.3 Å². The molecule has 0 N–H and O–H groups in total. The number of rotatable bonds is 3. The van der Waals surface area contributed by atoms with E-state index >= 15 is 0 Å². The summed E-state index contributed by atoms with van der Waals surface area (Å²) in [6.07, 6.45) is 3.10. The van der Waals surface area contributed by atoms with Crippen molar-refractivity contribution in [3.05, 3.63) is 89.9 Å². The van der Waals surface area contributed by atoms with Gasteiger partial charge >= 0.3 is 0 Å². The van der Waals surface area contributed by atoms with Crippen LogP contribution in [-0.2, 0) is 13.1 Å². The van der Waals surface area contributed by atoms with Gasteiger partial charge in [-0.15, -0.1) is 0 Å². The lowest BCUT2D eigenvalue weighted by Crippen LogP contribution is -2.56. The van der Waals surface area contributed by atoms with Crippen LogP contribution in [0.15, 0.2) is 77.6 Å². The SMILES string of the molecule is O=C(c1ccoc1)N1Cc2ccccc2N2CCN(Cc3ccccc3)CC2C1. The average Bonchev–Trinajstić information content (AvgIpc) is 3.24. The molecule has 3 heterocycles. The normalized spacial score (nSPS) is 19.4. The molecule has 5 heteroatoms. The Kier molecular flexibility index (Phi) is 4.82. The van der Waals surface area contributed by atoms with E-state index in [-0.39, 0.29) is 11.9 Å². The van der Waals surface area contributed by atoms with E-state index in [1.54, 1.807) is 18.6 Å². The fraction of sp³-hybridized carbons (Fsp3) is 0.292. The quantitative estimate of drug-likeness (QED) is 0.688. The van der Waals surface area contributed by atoms with Crippen molar-refractivity contribution < 1.29 is 9.21 Å². The molecule has 29 heavy (non-hydrogen) atoms. The third-order valence-electron chi connectivity index (χ3n) is 5.96. The molecule has 0 aliphatic carbocycles. The van der Waals surface area contributed by atoms with Crippen molar-refractivity contribution >= 4 is 11.6 Å². The van der Waals surface area contributed by atoms with Crippen molar-refractivity contribution in [1.82, 2.24) is 9.80 Å². The van der Waals surface area contributed by atoms with Gasteiger partial charge in [-0.25, -0.2) is 0 Å². The first-order valence-electron chi connectivity index (χ1n) is 10.2. The molecule has 0 saturated carbocycles. The zero-order valence-corrected chi connectivity index (χ0v) is 16.4. The van der Waals surface area contributed by atoms with E-state index in [0.717, 1.165) is 26.2 Å². The minimum Gasteiger partial charge on any atom is -0.472 e. The summed E-state index contributed by atoms with van der Waals surface area (Å²) < 4.78 is 5.15. The highest BCUT2D eigenvalue weighted by atomic mass is 16.3. The van der Waals surface area contributed by atoms with Gasteiger partial charge in [-0.3, -0.25) is 9.69 Å². The fourth-order valence-corrected chi connectivity index (χ4v) is 4.55. The van der Waals surface area contributed by atoms with Crippen LogP contribution in [0.1, 0.15) is 21.5 Å². The predicted molar refractivity (Wildman–Crippen MR) is 113 cm³/mol. The van der Waals surface area contributed by atoms with E-state index in [2.05, 4.69) is 64.4 Å². The summed E-state index contributed by atoms with van der Waals surface area (Å²) in [7, 11) is 0. The van der Waals surface area contributed by atoms with Gasteiger partial charge in [0.1, 0.15) is 6.26 Å². The van der Waals surface area contributed by atoms with Crippen LogP contribution in [0.3, 0.4) is 0 Å². The summed E-state index contributed by atoms with van der Waals surface area (Å²) in [5, 5.41) is 0. The number of amides is 1. The van der Waals surface area contributed by atoms with Crippen LogP contribution in [0, 0.1) is 0 Å². The van der Waals surface area contributed by atoms with E-state index in [0.29, 0.717) is 18.7 Å². The number of carbonyl (C=O) groups excluding carboxylic acids is 1. The van der Waals surface area contributed by atoms with Gasteiger partial charge in [-0.2, -0.15) is 0 Å². The van der Waals surface area contributed by atoms with E-state index < -0.39 is 0 Å². The minimum absolute atomic E-state index is 0.0376. The van der Waals surface area contributed by atoms with E-state index in [1.165, 1.54) is 16.8 Å². The monoisotopic (exact) mass is 387 g/mol. The number of anilines is 1. The molecule has 1 saturated heterocycles. The molecule has 148 valence electrons. The highest BCUT2D eigenvalue weighted by molar-refractivity contribution is 5.94. The van der Waals surface area contributed by atoms with Crippen molar-refractivity contribution in [1.29, 1.82) is 0 Å². The van der Waals surface area contributed by atoms with Crippen LogP contribution in [0.5, 0.6) is 0 Å². The van der Waals surface area contributed by atoms with Crippen molar-refractivity contribution in [3.63, 3.8) is 0 Å². The Morgan fingerprint density at radius 2 is 1.79 bits per heavy atom. The van der Waals surface area contributed by atoms with Gasteiger partial charge in [0.25, 0.3) is 5.91 Å². The van der Waals surface area contributed by atoms with Gasteiger partial charge in [0.05, 0.1) is 17.9 Å². The van der Waals surface area contributed by atoms with Gasteiger partial charge < -0.3 is 14.2 Å². The Labute approximate surface area is 171 Å². The number of hydrogen-bond donors (Lipinski definition) is 0. The van der Waals surface area contributed by atoms with E-state index in [9.17, 15) is 4.79 Å². The number of benzene rings is 2. The van der Waals surface area contributed by atoms with Gasteiger partial charge in [0.15, 0.2) is 0 Å². The molecule has 1 aromatic heterocycles. The lowest BCUT2D eigenvalue weighted by Gasteiger charge is -2.43. The minimum atomic E-state index is 0.0376. The fourth-order valence-electron chi connectivity index (χ4n) is 4.55. The van der Waals surface area contributed by atoms with Crippen LogP contribution in [0.4, 0.5) is 5.69 Å². The van der Waals surface area contributed by atoms with Crippen molar-refractivity contribution in [2.45, 2.75) is 19.1 Å². The Morgan fingerprint density at radius 3 is 2.62 bits per heavy atom. The maximum atomic E-state index is 13.1. The second-order valence-electron chi connectivity index (χ2n) is 7.89. The third-order valence-corrected chi connectivity index (χ3v) is 5.96. The molecule has 2 aliphatic rings. The maximum Gasteiger partial charge on any atom is 0.257 e. The van der Waals surface area contributed by atoms with Crippen LogP contribution in [-0.4, -0.2) is 47.9 Å². The van der Waals surface area contributed by atoms with Crippen molar-refractivity contribution in [2.75, 3.05) is 31.1 Å². The molecular formula is C24H25N3O2. The molecule has 0 radical (unpaired) electrons. The smallest absolute Gasteiger partial charge is 0.257 e. The Hall–Kier alpha value is -3.05. The summed E-state index contributed by atoms with van der Waals surface area (Å²) in [6, 6.07) is 21.1. The lowest BCUT2D eigenvalue weighted by atomic mass is 10.1. The molecular weight excluding hydrogens is 362 g/mol. The summed E-state index contributed by atoms with van der Waals surface area (Å²) in [5.74, 6) is 0.0376. The second-order valence-corrected chi connectivity index (χ2v) is 7.89. The van der Waals surface area contributed by atoms with E-state index in [1.807, 2.05) is 4.90 Å². The van der Waals surface area contributed by atoms with Gasteiger partial charge in [0.2, 0.25) is 0 Å². The Balaban J connectivity index is 1.41. The maximum absolute atomic E-state index is 13.1. The third kappa shape index (κ3) is 3.66. The summed E-state index contributed by atoms with van der Waals surface area (Å²) >= 11 is 0.